The molecule has 0 radical (unpaired) electrons. The topological polar surface area (TPSA) is 139 Å². The summed E-state index contributed by atoms with van der Waals surface area (Å²) >= 11 is 0. The average molecular weight is 802 g/mol. The maximum Gasteiger partial charge on any atom is 0.186 e. The monoisotopic (exact) mass is 801 g/mol. The van der Waals surface area contributed by atoms with Gasteiger partial charge in [-0.25, -0.2) is 0 Å². The predicted molar refractivity (Wildman–Crippen MR) is 244 cm³/mol. The first kappa shape index (κ1) is 37.6. The zero-order valence-electron chi connectivity index (χ0n) is 33.7. The largest absolute Gasteiger partial charge is 0.505 e. The lowest BCUT2D eigenvalue weighted by atomic mass is 9.88. The third-order valence-electron chi connectivity index (χ3n) is 12.3. The first-order valence-electron chi connectivity index (χ1n) is 20.4. The number of phenolic OH excluding ortho intramolecular Hbond substituents is 2. The molecule has 61 heavy (non-hydrogen) atoms. The fraction of sp³-hybridized carbons (Fsp3) is 0.115. The minimum absolute atomic E-state index is 0.0402. The molecule has 300 valence electrons. The maximum atomic E-state index is 11.6. The molecule has 2 aromatic heterocycles. The van der Waals surface area contributed by atoms with Gasteiger partial charge in [-0.1, -0.05) is 109 Å². The van der Waals surface area contributed by atoms with Crippen molar-refractivity contribution in [1.82, 2.24) is 14.5 Å². The number of amidine groups is 1. The van der Waals surface area contributed by atoms with E-state index in [2.05, 4.69) is 52.3 Å². The van der Waals surface area contributed by atoms with Crippen LogP contribution >= 0.6 is 0 Å². The number of aliphatic imine (C=N–C) groups is 1. The van der Waals surface area contributed by atoms with Crippen LogP contribution in [0.4, 0.5) is 0 Å². The number of benzene rings is 7. The molecule has 10 rings (SSSR count). The van der Waals surface area contributed by atoms with Gasteiger partial charge in [0.25, 0.3) is 0 Å². The SMILES string of the molecule is CC(=NC(NC(=N)c1ccc(-n2c3c(c4ccc5c(c6ccccc6n5-c5c(O)c(C)c(CO)c(O)c5O)c42)-c2ccccc2CC3)cc1)c1ccccc1)c1ccccc1. The van der Waals surface area contributed by atoms with E-state index in [1.165, 1.54) is 16.8 Å². The van der Waals surface area contributed by atoms with Gasteiger partial charge < -0.3 is 34.9 Å². The number of aromatic nitrogens is 2. The smallest absolute Gasteiger partial charge is 0.186 e. The molecule has 1 unspecified atom stereocenters. The van der Waals surface area contributed by atoms with E-state index in [1.54, 1.807) is 11.5 Å². The van der Waals surface area contributed by atoms with Gasteiger partial charge in [0.15, 0.2) is 11.5 Å². The summed E-state index contributed by atoms with van der Waals surface area (Å²) in [6.45, 7) is 3.06. The highest BCUT2D eigenvalue weighted by molar-refractivity contribution is 6.23. The van der Waals surface area contributed by atoms with Crippen LogP contribution in [0.25, 0.3) is 55.2 Å². The Labute approximate surface area is 352 Å². The van der Waals surface area contributed by atoms with Crippen LogP contribution in [-0.4, -0.2) is 41.1 Å². The molecule has 0 saturated carbocycles. The Morgan fingerprint density at radius 3 is 2.13 bits per heavy atom. The zero-order chi connectivity index (χ0) is 41.9. The van der Waals surface area contributed by atoms with Gasteiger partial charge in [-0.3, -0.25) is 10.4 Å². The van der Waals surface area contributed by atoms with Crippen molar-refractivity contribution in [2.24, 2.45) is 4.99 Å². The number of nitrogens with one attached hydrogen (secondary N) is 2. The second kappa shape index (κ2) is 14.9. The number of nitrogens with zero attached hydrogens (tertiary/aromatic N) is 3. The Balaban J connectivity index is 1.15. The van der Waals surface area contributed by atoms with Crippen LogP contribution in [0, 0.1) is 12.3 Å². The van der Waals surface area contributed by atoms with Gasteiger partial charge in [-0.15, -0.1) is 0 Å². The summed E-state index contributed by atoms with van der Waals surface area (Å²) in [5.74, 6) is -0.967. The Kier molecular flexibility index (Phi) is 9.18. The van der Waals surface area contributed by atoms with Crippen molar-refractivity contribution in [2.45, 2.75) is 39.5 Å². The summed E-state index contributed by atoms with van der Waals surface area (Å²) < 4.78 is 4.13. The molecular formula is C52H43N5O4. The fourth-order valence-corrected chi connectivity index (χ4v) is 9.22. The van der Waals surface area contributed by atoms with Crippen molar-refractivity contribution in [2.75, 3.05) is 0 Å². The van der Waals surface area contributed by atoms with E-state index in [0.717, 1.165) is 73.6 Å². The predicted octanol–water partition coefficient (Wildman–Crippen LogP) is 10.5. The summed E-state index contributed by atoms with van der Waals surface area (Å²) in [6.07, 6.45) is 1.19. The number of hydrogen-bond donors (Lipinski definition) is 6. The molecule has 1 aliphatic rings. The Hall–Kier alpha value is -7.62. The first-order valence-corrected chi connectivity index (χ1v) is 20.4. The third-order valence-corrected chi connectivity index (χ3v) is 12.3. The van der Waals surface area contributed by atoms with Gasteiger partial charge in [0.05, 0.1) is 23.2 Å². The van der Waals surface area contributed by atoms with Crippen LogP contribution in [0.1, 0.15) is 52.2 Å². The lowest BCUT2D eigenvalue weighted by Crippen LogP contribution is -2.28. The number of hydrogen-bond acceptors (Lipinski definition) is 6. The van der Waals surface area contributed by atoms with E-state index in [0.29, 0.717) is 5.56 Å². The van der Waals surface area contributed by atoms with Crippen molar-refractivity contribution in [1.29, 1.82) is 5.41 Å². The lowest BCUT2D eigenvalue weighted by Gasteiger charge is -2.20. The number of rotatable bonds is 8. The highest BCUT2D eigenvalue weighted by Crippen LogP contribution is 2.50. The van der Waals surface area contributed by atoms with E-state index in [1.807, 2.05) is 110 Å². The standard InChI is InChI=1S/C52H43N5O4/c1-30-40(29-58)49(60)50(61)47(48(30)59)57-41-20-12-11-19-38(41)45-43(57)28-26-39-44-37-18-10-9-15-33(37)23-27-42(44)56(46(39)45)36-24-21-34(22-25-36)51(53)55-52(35-16-7-4-8-17-35)54-31(2)32-13-5-3-6-14-32/h3-22,24-26,28,52,58-61H,23,27,29H2,1-2H3,(H2,53,55). The molecule has 1 aliphatic carbocycles. The number of aliphatic hydroxyl groups excluding tert-OH is 1. The van der Waals surface area contributed by atoms with Crippen LogP contribution in [0.15, 0.2) is 151 Å². The summed E-state index contributed by atoms with van der Waals surface area (Å²) in [5.41, 5.74) is 12.1. The highest BCUT2D eigenvalue weighted by Gasteiger charge is 2.30. The molecule has 0 saturated heterocycles. The Morgan fingerprint density at radius 1 is 0.689 bits per heavy atom. The second-order valence-corrected chi connectivity index (χ2v) is 15.6. The van der Waals surface area contributed by atoms with Gasteiger partial charge in [0.2, 0.25) is 0 Å². The van der Waals surface area contributed by atoms with Crippen molar-refractivity contribution in [3.05, 3.63) is 185 Å². The fourth-order valence-electron chi connectivity index (χ4n) is 9.22. The van der Waals surface area contributed by atoms with E-state index in [-0.39, 0.29) is 28.4 Å². The van der Waals surface area contributed by atoms with Crippen LogP contribution in [0.3, 0.4) is 0 Å². The normalized spacial score (nSPS) is 13.1. The number of aliphatic hydroxyl groups is 1. The Morgan fingerprint density at radius 2 is 1.38 bits per heavy atom. The van der Waals surface area contributed by atoms with E-state index in [4.69, 9.17) is 4.99 Å². The molecule has 9 heteroatoms. The van der Waals surface area contributed by atoms with E-state index < -0.39 is 24.3 Å². The quantitative estimate of drug-likeness (QED) is 0.0393. The van der Waals surface area contributed by atoms with E-state index >= 15 is 0 Å². The number of aryl methyl sites for hydroxylation is 1. The van der Waals surface area contributed by atoms with Crippen LogP contribution in [0.5, 0.6) is 17.2 Å². The van der Waals surface area contributed by atoms with Crippen LogP contribution in [0.2, 0.25) is 0 Å². The second-order valence-electron chi connectivity index (χ2n) is 15.6. The van der Waals surface area contributed by atoms with Gasteiger partial charge in [0.1, 0.15) is 23.4 Å². The lowest BCUT2D eigenvalue weighted by molar-refractivity contribution is 0.270. The first-order chi connectivity index (χ1) is 29.7. The van der Waals surface area contributed by atoms with Gasteiger partial charge >= 0.3 is 0 Å². The minimum atomic E-state index is -0.544. The van der Waals surface area contributed by atoms with Crippen LogP contribution in [-0.2, 0) is 19.4 Å². The third kappa shape index (κ3) is 6.04. The summed E-state index contributed by atoms with van der Waals surface area (Å²) in [5, 5.41) is 59.8. The number of fused-ring (bicyclic) bond motifs is 9. The summed E-state index contributed by atoms with van der Waals surface area (Å²) in [6, 6.07) is 48.7. The van der Waals surface area contributed by atoms with Crippen LogP contribution < -0.4 is 5.32 Å². The molecule has 9 aromatic rings. The minimum Gasteiger partial charge on any atom is -0.505 e. The van der Waals surface area contributed by atoms with Gasteiger partial charge in [-0.05, 0) is 85.3 Å². The molecule has 0 amide bonds. The molecular weight excluding hydrogens is 759 g/mol. The zero-order valence-corrected chi connectivity index (χ0v) is 33.7. The van der Waals surface area contributed by atoms with Crippen molar-refractivity contribution in [3.8, 4) is 39.8 Å². The molecule has 2 heterocycles. The van der Waals surface area contributed by atoms with Gasteiger partial charge in [0, 0.05) is 55.5 Å². The Bertz CT molecular complexity index is 3190. The molecule has 0 fully saturated rings. The molecule has 6 N–H and O–H groups in total. The molecule has 9 nitrogen and oxygen atoms in total. The number of para-hydroxylation sites is 1. The number of phenols is 3. The number of aromatic hydroxyl groups is 3. The van der Waals surface area contributed by atoms with Gasteiger partial charge in [-0.2, -0.15) is 0 Å². The van der Waals surface area contributed by atoms with Crippen molar-refractivity contribution < 1.29 is 20.4 Å². The molecule has 0 bridgehead atoms. The average Bonchev–Trinajstić information content (AvgIpc) is 3.82. The molecule has 1 atom stereocenters. The summed E-state index contributed by atoms with van der Waals surface area (Å²) in [7, 11) is 0. The summed E-state index contributed by atoms with van der Waals surface area (Å²) in [4.78, 5) is 5.05. The molecule has 0 spiro atoms. The molecule has 7 aromatic carbocycles. The maximum absolute atomic E-state index is 11.6. The van der Waals surface area contributed by atoms with Crippen molar-refractivity contribution >= 4 is 44.3 Å². The highest BCUT2D eigenvalue weighted by atomic mass is 16.3. The molecule has 0 aliphatic heterocycles. The van der Waals surface area contributed by atoms with E-state index in [9.17, 15) is 25.8 Å². The van der Waals surface area contributed by atoms with Crippen molar-refractivity contribution in [3.63, 3.8) is 0 Å².